The van der Waals surface area contributed by atoms with Crippen LogP contribution in [0.25, 0.3) is 0 Å². The zero-order valence-corrected chi connectivity index (χ0v) is 19.9. The Morgan fingerprint density at radius 2 is 1.94 bits per heavy atom. The number of alkyl halides is 3. The minimum absolute atomic E-state index is 0.0517. The Bertz CT molecular complexity index is 1060. The molecule has 2 aliphatic rings. The number of nitrogens with zero attached hydrogens (tertiary/aromatic N) is 5. The molecule has 2 aromatic rings. The first-order valence-corrected chi connectivity index (χ1v) is 11.2. The Balaban J connectivity index is 1.40. The number of halogens is 3. The number of hydrogen-bond acceptors (Lipinski definition) is 7. The van der Waals surface area contributed by atoms with Crippen molar-refractivity contribution >= 4 is 23.4 Å². The normalized spacial score (nSPS) is 22.8. The first-order valence-electron chi connectivity index (χ1n) is 11.2. The molecule has 0 unspecified atom stereocenters. The summed E-state index contributed by atoms with van der Waals surface area (Å²) in [6.07, 6.45) is -1.86. The third kappa shape index (κ3) is 5.11. The van der Waals surface area contributed by atoms with E-state index in [1.54, 1.807) is 18.9 Å². The smallest absolute Gasteiger partial charge is 0.373 e. The molecule has 0 spiro atoms. The molecule has 9 nitrogen and oxygen atoms in total. The summed E-state index contributed by atoms with van der Waals surface area (Å²) >= 11 is 0. The van der Waals surface area contributed by atoms with Gasteiger partial charge in [-0.25, -0.2) is 4.98 Å². The summed E-state index contributed by atoms with van der Waals surface area (Å²) in [6.45, 7) is 8.02. The second kappa shape index (κ2) is 8.71. The average Bonchev–Trinajstić information content (AvgIpc) is 3.15. The quantitative estimate of drug-likeness (QED) is 0.652. The van der Waals surface area contributed by atoms with E-state index in [-0.39, 0.29) is 36.6 Å². The topological polar surface area (TPSA) is 97.2 Å². The van der Waals surface area contributed by atoms with E-state index in [2.05, 4.69) is 25.7 Å². The van der Waals surface area contributed by atoms with Crippen LogP contribution in [0.3, 0.4) is 0 Å². The van der Waals surface area contributed by atoms with Gasteiger partial charge in [0.1, 0.15) is 17.4 Å². The lowest BCUT2D eigenvalue weighted by Gasteiger charge is -2.38. The number of aryl methyl sites for hydroxylation is 1. The van der Waals surface area contributed by atoms with Gasteiger partial charge in [-0.1, -0.05) is 0 Å². The molecule has 1 aliphatic heterocycles. The molecule has 0 aromatic carbocycles. The van der Waals surface area contributed by atoms with Gasteiger partial charge in [-0.15, -0.1) is 0 Å². The monoisotopic (exact) mass is 481 g/mol. The molecule has 0 radical (unpaired) electrons. The van der Waals surface area contributed by atoms with E-state index >= 15 is 0 Å². The first kappa shape index (κ1) is 24.2. The Hall–Kier alpha value is -2.89. The van der Waals surface area contributed by atoms with Crippen LogP contribution < -0.4 is 15.5 Å². The fraction of sp³-hybridized carbons (Fsp3) is 0.636. The number of likely N-dealkylation sites (N-methyl/N-ethyl adjacent to an activating group) is 1. The maximum atomic E-state index is 13.1. The van der Waals surface area contributed by atoms with Crippen LogP contribution in [0.2, 0.25) is 0 Å². The van der Waals surface area contributed by atoms with Gasteiger partial charge in [0.25, 0.3) is 0 Å². The van der Waals surface area contributed by atoms with Crippen molar-refractivity contribution < 1.29 is 22.7 Å². The number of anilines is 3. The van der Waals surface area contributed by atoms with Crippen LogP contribution in [0, 0.1) is 12.8 Å². The van der Waals surface area contributed by atoms with Crippen LogP contribution in [0.5, 0.6) is 0 Å². The number of nitrogens with one attached hydrogen (secondary N) is 2. The fourth-order valence-electron chi connectivity index (χ4n) is 4.22. The number of amides is 1. The standard InChI is InChI=1S/C22H30F3N7O2/c1-12-17-18(31(5)15(19(33)29-17)11-34-21(2,3)4)30-20(27-12)28-14-8-13(9-14)10-32-16(6-7-26-32)22(23,24)25/h6-7,13-15H,8-11H2,1-5H3,(H,29,33)(H,27,28,30)/t13-,14+,15-/m0/s1. The number of hydrogen-bond donors (Lipinski definition) is 2. The molecule has 12 heteroatoms. The van der Waals surface area contributed by atoms with Gasteiger partial charge in [0.05, 0.1) is 17.9 Å². The molecular weight excluding hydrogens is 451 g/mol. The molecule has 4 rings (SSSR count). The molecular formula is C22H30F3N7O2. The van der Waals surface area contributed by atoms with Crippen LogP contribution in [0.15, 0.2) is 12.3 Å². The molecule has 2 aromatic heterocycles. The summed E-state index contributed by atoms with van der Waals surface area (Å²) in [5.41, 5.74) is 0.0840. The predicted octanol–water partition coefficient (Wildman–Crippen LogP) is 3.46. The van der Waals surface area contributed by atoms with Gasteiger partial charge < -0.3 is 20.3 Å². The fourth-order valence-corrected chi connectivity index (χ4v) is 4.22. The van der Waals surface area contributed by atoms with Crippen molar-refractivity contribution in [1.29, 1.82) is 0 Å². The van der Waals surface area contributed by atoms with Crippen molar-refractivity contribution in [2.45, 2.75) is 70.9 Å². The maximum absolute atomic E-state index is 13.1. The summed E-state index contributed by atoms with van der Waals surface area (Å²) in [6, 6.07) is 0.516. The summed E-state index contributed by atoms with van der Waals surface area (Å²) in [5.74, 6) is 0.927. The molecule has 1 fully saturated rings. The zero-order chi connectivity index (χ0) is 24.8. The van der Waals surface area contributed by atoms with E-state index in [0.717, 1.165) is 10.7 Å². The largest absolute Gasteiger partial charge is 0.433 e. The molecule has 1 aliphatic carbocycles. The molecule has 1 atom stereocenters. The Labute approximate surface area is 196 Å². The minimum atomic E-state index is -4.41. The van der Waals surface area contributed by atoms with Crippen LogP contribution in [-0.4, -0.2) is 57.0 Å². The molecule has 1 amide bonds. The van der Waals surface area contributed by atoms with E-state index in [1.165, 1.54) is 6.20 Å². The zero-order valence-electron chi connectivity index (χ0n) is 19.9. The lowest BCUT2D eigenvalue weighted by Crippen LogP contribution is -2.50. The van der Waals surface area contributed by atoms with Crippen molar-refractivity contribution in [3.05, 3.63) is 23.7 Å². The Kier molecular flexibility index (Phi) is 6.21. The van der Waals surface area contributed by atoms with Gasteiger partial charge in [0.15, 0.2) is 5.82 Å². The van der Waals surface area contributed by atoms with Crippen LogP contribution in [0.4, 0.5) is 30.6 Å². The number of carbonyl (C=O) groups excluding carboxylic acids is 1. The Morgan fingerprint density at radius 3 is 2.59 bits per heavy atom. The van der Waals surface area contributed by atoms with Crippen LogP contribution in [0.1, 0.15) is 45.0 Å². The van der Waals surface area contributed by atoms with E-state index < -0.39 is 17.9 Å². The van der Waals surface area contributed by atoms with E-state index in [9.17, 15) is 18.0 Å². The summed E-state index contributed by atoms with van der Waals surface area (Å²) in [7, 11) is 1.80. The molecule has 1 saturated carbocycles. The van der Waals surface area contributed by atoms with Gasteiger partial charge in [-0.05, 0) is 52.5 Å². The van der Waals surface area contributed by atoms with Crippen LogP contribution in [-0.2, 0) is 22.3 Å². The van der Waals surface area contributed by atoms with Gasteiger partial charge in [-0.3, -0.25) is 9.48 Å². The van der Waals surface area contributed by atoms with Gasteiger partial charge in [0, 0.05) is 25.8 Å². The van der Waals surface area contributed by atoms with Crippen LogP contribution >= 0.6 is 0 Å². The maximum Gasteiger partial charge on any atom is 0.433 e. The van der Waals surface area contributed by atoms with Crippen molar-refractivity contribution in [1.82, 2.24) is 19.7 Å². The van der Waals surface area contributed by atoms with Crippen molar-refractivity contribution in [3.63, 3.8) is 0 Å². The second-order valence-electron chi connectivity index (χ2n) is 9.95. The number of aromatic nitrogens is 4. The minimum Gasteiger partial charge on any atom is -0.373 e. The Morgan fingerprint density at radius 1 is 1.24 bits per heavy atom. The summed E-state index contributed by atoms with van der Waals surface area (Å²) in [4.78, 5) is 23.5. The molecule has 34 heavy (non-hydrogen) atoms. The lowest BCUT2D eigenvalue weighted by molar-refractivity contribution is -0.144. The molecule has 0 saturated heterocycles. The molecule has 2 N–H and O–H groups in total. The highest BCUT2D eigenvalue weighted by molar-refractivity contribution is 6.03. The predicted molar refractivity (Wildman–Crippen MR) is 121 cm³/mol. The van der Waals surface area contributed by atoms with Gasteiger partial charge >= 0.3 is 6.18 Å². The summed E-state index contributed by atoms with van der Waals surface area (Å²) in [5, 5.41) is 10.00. The number of rotatable bonds is 6. The number of fused-ring (bicyclic) bond motifs is 1. The van der Waals surface area contributed by atoms with E-state index in [0.29, 0.717) is 36.0 Å². The molecule has 3 heterocycles. The SMILES string of the molecule is Cc1nc(N[C@H]2C[C@@H](Cn3nccc3C(F)(F)F)C2)nc2c1NC(=O)[C@H](COC(C)(C)C)N2C. The highest BCUT2D eigenvalue weighted by Crippen LogP contribution is 2.36. The second-order valence-corrected chi connectivity index (χ2v) is 9.95. The van der Waals surface area contributed by atoms with Crippen molar-refractivity contribution in [2.75, 3.05) is 29.2 Å². The van der Waals surface area contributed by atoms with Gasteiger partial charge in [-0.2, -0.15) is 23.3 Å². The number of carbonyl (C=O) groups is 1. The highest BCUT2D eigenvalue weighted by Gasteiger charge is 2.38. The van der Waals surface area contributed by atoms with Crippen molar-refractivity contribution in [3.8, 4) is 0 Å². The highest BCUT2D eigenvalue weighted by atomic mass is 19.4. The summed E-state index contributed by atoms with van der Waals surface area (Å²) < 4.78 is 46.0. The molecule has 0 bridgehead atoms. The van der Waals surface area contributed by atoms with Crippen molar-refractivity contribution in [2.24, 2.45) is 5.92 Å². The molecule has 186 valence electrons. The third-order valence-corrected chi connectivity index (χ3v) is 6.10. The van der Waals surface area contributed by atoms with Gasteiger partial charge in [0.2, 0.25) is 11.9 Å². The average molecular weight is 482 g/mol. The lowest BCUT2D eigenvalue weighted by atomic mass is 9.80. The van der Waals surface area contributed by atoms with E-state index in [4.69, 9.17) is 4.74 Å². The first-order chi connectivity index (χ1) is 15.8. The number of ether oxygens (including phenoxy) is 1. The van der Waals surface area contributed by atoms with E-state index in [1.807, 2.05) is 20.8 Å². The third-order valence-electron chi connectivity index (χ3n) is 6.10.